The summed E-state index contributed by atoms with van der Waals surface area (Å²) in [5.41, 5.74) is 4.11. The highest BCUT2D eigenvalue weighted by atomic mass is 79.9. The van der Waals surface area contributed by atoms with Crippen LogP contribution in [-0.2, 0) is 6.42 Å². The molecular formula is C16H14BrClF2. The zero-order valence-corrected chi connectivity index (χ0v) is 13.5. The average Bonchev–Trinajstić information content (AvgIpc) is 2.38. The Morgan fingerprint density at radius 2 is 1.70 bits per heavy atom. The van der Waals surface area contributed by atoms with Crippen molar-refractivity contribution in [2.45, 2.75) is 25.1 Å². The monoisotopic (exact) mass is 358 g/mol. The van der Waals surface area contributed by atoms with Crippen LogP contribution < -0.4 is 0 Å². The topological polar surface area (TPSA) is 0 Å². The predicted molar refractivity (Wildman–Crippen MR) is 82.7 cm³/mol. The highest BCUT2D eigenvalue weighted by Gasteiger charge is 2.16. The van der Waals surface area contributed by atoms with Gasteiger partial charge in [0.15, 0.2) is 11.6 Å². The molecule has 2 rings (SSSR count). The molecule has 0 amide bonds. The fourth-order valence-corrected chi connectivity index (χ4v) is 3.19. The van der Waals surface area contributed by atoms with E-state index in [-0.39, 0.29) is 9.85 Å². The molecule has 0 saturated heterocycles. The van der Waals surface area contributed by atoms with Crippen LogP contribution in [0, 0.1) is 25.5 Å². The number of aryl methyl sites for hydroxylation is 2. The lowest BCUT2D eigenvalue weighted by Gasteiger charge is -2.13. The summed E-state index contributed by atoms with van der Waals surface area (Å²) in [5, 5.41) is 0.231. The molecule has 0 nitrogen and oxygen atoms in total. The van der Waals surface area contributed by atoms with Gasteiger partial charge in [0.05, 0.1) is 0 Å². The molecule has 0 aliphatic carbocycles. The Morgan fingerprint density at radius 1 is 1.05 bits per heavy atom. The number of hydrogen-bond donors (Lipinski definition) is 0. The Balaban J connectivity index is 2.25. The normalized spacial score (nSPS) is 12.5. The molecule has 2 aromatic rings. The lowest BCUT2D eigenvalue weighted by atomic mass is 10.0. The summed E-state index contributed by atoms with van der Waals surface area (Å²) in [7, 11) is 0. The van der Waals surface area contributed by atoms with E-state index in [1.54, 1.807) is 0 Å². The molecule has 0 aliphatic rings. The van der Waals surface area contributed by atoms with Gasteiger partial charge < -0.3 is 0 Å². The van der Waals surface area contributed by atoms with Gasteiger partial charge in [-0.3, -0.25) is 0 Å². The van der Waals surface area contributed by atoms with Crippen LogP contribution in [-0.4, -0.2) is 0 Å². The molecule has 1 atom stereocenters. The van der Waals surface area contributed by atoms with Gasteiger partial charge in [0, 0.05) is 9.85 Å². The van der Waals surface area contributed by atoms with Gasteiger partial charge in [-0.1, -0.05) is 45.7 Å². The molecule has 20 heavy (non-hydrogen) atoms. The summed E-state index contributed by atoms with van der Waals surface area (Å²) in [4.78, 5) is -0.160. The molecule has 0 fully saturated rings. The first-order valence-electron chi connectivity index (χ1n) is 6.23. The number of benzene rings is 2. The Bertz CT molecular complexity index is 641. The third-order valence-electron chi connectivity index (χ3n) is 3.36. The summed E-state index contributed by atoms with van der Waals surface area (Å²) >= 11 is 9.48. The van der Waals surface area contributed by atoms with Gasteiger partial charge in [-0.15, -0.1) is 0 Å². The van der Waals surface area contributed by atoms with Crippen LogP contribution in [0.25, 0.3) is 0 Å². The largest absolute Gasteiger partial charge is 0.204 e. The van der Waals surface area contributed by atoms with E-state index in [0.717, 1.165) is 17.7 Å². The highest BCUT2D eigenvalue weighted by molar-refractivity contribution is 9.09. The predicted octanol–water partition coefficient (Wildman–Crippen LogP) is 5.91. The van der Waals surface area contributed by atoms with Crippen molar-refractivity contribution in [1.82, 2.24) is 0 Å². The summed E-state index contributed by atoms with van der Waals surface area (Å²) in [6.07, 6.45) is 0.659. The molecule has 0 aliphatic heterocycles. The Kier molecular flexibility index (Phi) is 4.82. The lowest BCUT2D eigenvalue weighted by Crippen LogP contribution is -1.99. The maximum atomic E-state index is 13.3. The molecule has 4 heteroatoms. The lowest BCUT2D eigenvalue weighted by molar-refractivity contribution is 0.507. The van der Waals surface area contributed by atoms with Gasteiger partial charge in [-0.05, 0) is 54.7 Å². The quantitative estimate of drug-likeness (QED) is 0.472. The molecule has 0 spiro atoms. The van der Waals surface area contributed by atoms with Crippen LogP contribution in [0.5, 0.6) is 0 Å². The van der Waals surface area contributed by atoms with Crippen molar-refractivity contribution in [3.8, 4) is 0 Å². The second-order valence-corrected chi connectivity index (χ2v) is 6.39. The van der Waals surface area contributed by atoms with Gasteiger partial charge in [0.25, 0.3) is 0 Å². The first-order chi connectivity index (χ1) is 9.38. The van der Waals surface area contributed by atoms with Crippen LogP contribution in [0.15, 0.2) is 30.3 Å². The molecule has 0 aromatic heterocycles. The van der Waals surface area contributed by atoms with E-state index in [4.69, 9.17) is 11.6 Å². The highest BCUT2D eigenvalue weighted by Crippen LogP contribution is 2.34. The van der Waals surface area contributed by atoms with Crippen molar-refractivity contribution in [3.05, 3.63) is 69.2 Å². The number of hydrogen-bond acceptors (Lipinski definition) is 0. The van der Waals surface area contributed by atoms with E-state index < -0.39 is 11.6 Å². The minimum atomic E-state index is -0.926. The molecule has 0 saturated carbocycles. The third-order valence-corrected chi connectivity index (χ3v) is 4.51. The standard InChI is InChI=1S/C16H14BrClF2/c1-9-3-4-11(5-10(9)2)6-13(17)12-7-15(19)16(20)8-14(12)18/h3-5,7-8,13H,6H2,1-2H3. The zero-order valence-electron chi connectivity index (χ0n) is 11.2. The molecular weight excluding hydrogens is 346 g/mol. The first-order valence-corrected chi connectivity index (χ1v) is 7.52. The van der Waals surface area contributed by atoms with E-state index in [9.17, 15) is 8.78 Å². The smallest absolute Gasteiger partial charge is 0.160 e. The van der Waals surface area contributed by atoms with Crippen LogP contribution >= 0.6 is 27.5 Å². The van der Waals surface area contributed by atoms with Crippen LogP contribution in [0.2, 0.25) is 5.02 Å². The number of rotatable bonds is 3. The molecule has 0 heterocycles. The SMILES string of the molecule is Cc1ccc(CC(Br)c2cc(F)c(F)cc2Cl)cc1C. The van der Waals surface area contributed by atoms with Gasteiger partial charge in [0.1, 0.15) is 0 Å². The van der Waals surface area contributed by atoms with Crippen molar-refractivity contribution in [2.75, 3.05) is 0 Å². The summed E-state index contributed by atoms with van der Waals surface area (Å²) in [5.74, 6) is -1.81. The molecule has 0 bridgehead atoms. The fourth-order valence-electron chi connectivity index (χ4n) is 2.03. The third kappa shape index (κ3) is 3.39. The second-order valence-electron chi connectivity index (χ2n) is 4.88. The van der Waals surface area contributed by atoms with Crippen molar-refractivity contribution in [2.24, 2.45) is 0 Å². The van der Waals surface area contributed by atoms with Crippen LogP contribution in [0.3, 0.4) is 0 Å². The van der Waals surface area contributed by atoms with Crippen LogP contribution in [0.1, 0.15) is 27.1 Å². The molecule has 106 valence electrons. The van der Waals surface area contributed by atoms with Crippen LogP contribution in [0.4, 0.5) is 8.78 Å². The fraction of sp³-hybridized carbons (Fsp3) is 0.250. The van der Waals surface area contributed by atoms with Gasteiger partial charge in [-0.25, -0.2) is 8.78 Å². The van der Waals surface area contributed by atoms with E-state index in [2.05, 4.69) is 35.0 Å². The maximum absolute atomic E-state index is 13.3. The Labute approximate surface area is 130 Å². The van der Waals surface area contributed by atoms with Crippen molar-refractivity contribution < 1.29 is 8.78 Å². The van der Waals surface area contributed by atoms with Crippen molar-refractivity contribution in [3.63, 3.8) is 0 Å². The van der Waals surface area contributed by atoms with E-state index >= 15 is 0 Å². The minimum Gasteiger partial charge on any atom is -0.204 e. The van der Waals surface area contributed by atoms with E-state index in [0.29, 0.717) is 12.0 Å². The first kappa shape index (κ1) is 15.5. The second kappa shape index (κ2) is 6.23. The minimum absolute atomic E-state index is 0.160. The van der Waals surface area contributed by atoms with Gasteiger partial charge in [-0.2, -0.15) is 0 Å². The average molecular weight is 360 g/mol. The van der Waals surface area contributed by atoms with E-state index in [1.807, 2.05) is 13.0 Å². The summed E-state index contributed by atoms with van der Waals surface area (Å²) in [6, 6.07) is 8.35. The Morgan fingerprint density at radius 3 is 2.35 bits per heavy atom. The molecule has 0 radical (unpaired) electrons. The zero-order chi connectivity index (χ0) is 14.9. The van der Waals surface area contributed by atoms with Crippen molar-refractivity contribution in [1.29, 1.82) is 0 Å². The van der Waals surface area contributed by atoms with E-state index in [1.165, 1.54) is 11.1 Å². The molecule has 2 aromatic carbocycles. The summed E-state index contributed by atoms with van der Waals surface area (Å²) in [6.45, 7) is 4.10. The van der Waals surface area contributed by atoms with Crippen molar-refractivity contribution >= 4 is 27.5 Å². The summed E-state index contributed by atoms with van der Waals surface area (Å²) < 4.78 is 26.4. The number of alkyl halides is 1. The number of halogens is 4. The molecule has 1 unspecified atom stereocenters. The molecule has 0 N–H and O–H groups in total. The van der Waals surface area contributed by atoms with Gasteiger partial charge >= 0.3 is 0 Å². The maximum Gasteiger partial charge on any atom is 0.160 e. The van der Waals surface area contributed by atoms with Gasteiger partial charge in [0.2, 0.25) is 0 Å². The Hall–Kier alpha value is -0.930.